The molecule has 11 nitrogen and oxygen atoms in total. The normalized spacial score (nSPS) is 26.2. The topological polar surface area (TPSA) is 156 Å². The molecule has 238 valence electrons. The Morgan fingerprint density at radius 1 is 1.23 bits per heavy atom. The van der Waals surface area contributed by atoms with Gasteiger partial charge >= 0.3 is 12.1 Å². The zero-order valence-electron chi connectivity index (χ0n) is 24.8. The van der Waals surface area contributed by atoms with E-state index in [1.165, 1.54) is 0 Å². The summed E-state index contributed by atoms with van der Waals surface area (Å²) >= 11 is 0. The van der Waals surface area contributed by atoms with Crippen LogP contribution in [0.4, 0.5) is 13.2 Å². The van der Waals surface area contributed by atoms with Gasteiger partial charge in [-0.1, -0.05) is 24.3 Å². The van der Waals surface area contributed by atoms with Crippen LogP contribution in [0.5, 0.6) is 5.75 Å². The van der Waals surface area contributed by atoms with Gasteiger partial charge in [0.15, 0.2) is 5.96 Å². The maximum Gasteiger partial charge on any atom is 0.490 e. The number of fused-ring (bicyclic) bond motifs is 1. The third-order valence-electron chi connectivity index (χ3n) is 7.70. The number of nitrogens with one attached hydrogen (secondary N) is 1. The van der Waals surface area contributed by atoms with E-state index in [-0.39, 0.29) is 42.1 Å². The van der Waals surface area contributed by atoms with Crippen LogP contribution in [0.2, 0.25) is 0 Å². The number of alkyl halides is 3. The van der Waals surface area contributed by atoms with Crippen LogP contribution in [-0.4, -0.2) is 69.8 Å². The summed E-state index contributed by atoms with van der Waals surface area (Å²) < 4.78 is 43.4. The number of carboxylic acid groups (broad SMARTS) is 1. The largest absolute Gasteiger partial charge is 0.490 e. The number of rotatable bonds is 7. The Morgan fingerprint density at radius 3 is 2.50 bits per heavy atom. The molecule has 1 fully saturated rings. The molecule has 0 bridgehead atoms. The smallest absolute Gasteiger partial charge is 0.485 e. The number of aromatic nitrogens is 1. The number of aliphatic carboxylic acids is 1. The predicted octanol–water partition coefficient (Wildman–Crippen LogP) is 3.76. The average Bonchev–Trinajstić information content (AvgIpc) is 3.71. The van der Waals surface area contributed by atoms with Gasteiger partial charge in [0.25, 0.3) is 0 Å². The lowest BCUT2D eigenvalue weighted by Gasteiger charge is -2.40. The summed E-state index contributed by atoms with van der Waals surface area (Å²) in [5.74, 6) is -2.30. The number of halogens is 3. The molecular formula is C30H36F3N5O6. The third-order valence-corrected chi connectivity index (χ3v) is 7.70. The lowest BCUT2D eigenvalue weighted by molar-refractivity contribution is -0.192. The first-order valence-electron chi connectivity index (χ1n) is 14.0. The molecule has 2 aliphatic heterocycles. The number of carboxylic acids is 1. The number of ether oxygens (including phenoxy) is 2. The lowest BCUT2D eigenvalue weighted by Crippen LogP contribution is -2.52. The van der Waals surface area contributed by atoms with Crippen molar-refractivity contribution in [2.75, 3.05) is 13.7 Å². The molecule has 0 radical (unpaired) electrons. The van der Waals surface area contributed by atoms with Gasteiger partial charge in [0.1, 0.15) is 11.4 Å². The second-order valence-electron chi connectivity index (χ2n) is 12.1. The van der Waals surface area contributed by atoms with Crippen LogP contribution in [0.15, 0.2) is 53.8 Å². The Labute approximate surface area is 252 Å². The van der Waals surface area contributed by atoms with E-state index in [1.54, 1.807) is 24.4 Å². The van der Waals surface area contributed by atoms with E-state index < -0.39 is 29.3 Å². The summed E-state index contributed by atoms with van der Waals surface area (Å²) in [6, 6.07) is 10.9. The molecule has 4 N–H and O–H groups in total. The van der Waals surface area contributed by atoms with Crippen molar-refractivity contribution < 1.29 is 42.1 Å². The summed E-state index contributed by atoms with van der Waals surface area (Å²) in [4.78, 5) is 46.1. The first-order chi connectivity index (χ1) is 20.5. The van der Waals surface area contributed by atoms with E-state index in [2.05, 4.69) is 15.3 Å². The highest BCUT2D eigenvalue weighted by molar-refractivity contribution is 5.99. The Hall–Kier alpha value is -4.20. The number of carbonyl (C=O) groups excluding carboxylic acids is 2. The van der Waals surface area contributed by atoms with Crippen molar-refractivity contribution in [1.29, 1.82) is 0 Å². The molecule has 1 aliphatic carbocycles. The van der Waals surface area contributed by atoms with Crippen LogP contribution in [-0.2, 0) is 19.1 Å². The molecule has 14 heteroatoms. The van der Waals surface area contributed by atoms with E-state index >= 15 is 0 Å². The Morgan fingerprint density at radius 2 is 1.91 bits per heavy atom. The van der Waals surface area contributed by atoms with E-state index in [0.29, 0.717) is 19.4 Å². The fourth-order valence-corrected chi connectivity index (χ4v) is 5.80. The van der Waals surface area contributed by atoms with E-state index in [1.807, 2.05) is 57.2 Å². The van der Waals surface area contributed by atoms with Gasteiger partial charge in [0.05, 0.1) is 30.7 Å². The number of aliphatic imine (C=N–C) groups is 1. The summed E-state index contributed by atoms with van der Waals surface area (Å²) in [5.41, 5.74) is 7.03. The van der Waals surface area contributed by atoms with Crippen molar-refractivity contribution in [3.63, 3.8) is 0 Å². The number of carbonyl (C=O) groups is 3. The molecule has 1 saturated carbocycles. The SMILES string of the molecule is COCC1(C)CC(NC(=O)[C@@H]2C[C@H]2[C@H](c2cccnc2)N2C(=O)CC(C)(C)N=C2N)c2ccccc2O1.O=C(O)C(F)(F)F. The molecule has 2 aromatic rings. The third kappa shape index (κ3) is 7.47. The van der Waals surface area contributed by atoms with Crippen molar-refractivity contribution in [2.24, 2.45) is 22.6 Å². The van der Waals surface area contributed by atoms with Crippen LogP contribution >= 0.6 is 0 Å². The summed E-state index contributed by atoms with van der Waals surface area (Å²) in [5, 5.41) is 10.4. The van der Waals surface area contributed by atoms with Gasteiger partial charge in [0, 0.05) is 37.4 Å². The monoisotopic (exact) mass is 619 g/mol. The number of hydrogen-bond donors (Lipinski definition) is 3. The van der Waals surface area contributed by atoms with Gasteiger partial charge in [-0.3, -0.25) is 19.5 Å². The second kappa shape index (κ2) is 12.4. The van der Waals surface area contributed by atoms with Crippen LogP contribution < -0.4 is 15.8 Å². The molecule has 2 unspecified atom stereocenters. The van der Waals surface area contributed by atoms with Gasteiger partial charge in [0.2, 0.25) is 11.8 Å². The molecule has 0 spiro atoms. The zero-order valence-corrected chi connectivity index (χ0v) is 24.8. The van der Waals surface area contributed by atoms with Crippen molar-refractivity contribution in [1.82, 2.24) is 15.2 Å². The Bertz CT molecular complexity index is 1420. The maximum absolute atomic E-state index is 13.6. The number of nitrogens with zero attached hydrogens (tertiary/aromatic N) is 3. The second-order valence-corrected chi connectivity index (χ2v) is 12.1. The number of methoxy groups -OCH3 is 1. The Balaban J connectivity index is 0.000000566. The fourth-order valence-electron chi connectivity index (χ4n) is 5.80. The first-order valence-corrected chi connectivity index (χ1v) is 14.0. The van der Waals surface area contributed by atoms with E-state index in [9.17, 15) is 22.8 Å². The summed E-state index contributed by atoms with van der Waals surface area (Å²) in [6.45, 7) is 6.19. The molecule has 3 aliphatic rings. The predicted molar refractivity (Wildman–Crippen MR) is 152 cm³/mol. The minimum Gasteiger partial charge on any atom is -0.485 e. The number of benzene rings is 1. The van der Waals surface area contributed by atoms with Crippen LogP contribution in [0.3, 0.4) is 0 Å². The van der Waals surface area contributed by atoms with Crippen molar-refractivity contribution in [3.05, 3.63) is 59.9 Å². The van der Waals surface area contributed by atoms with Crippen LogP contribution in [0.25, 0.3) is 0 Å². The number of hydrogen-bond acceptors (Lipinski definition) is 8. The maximum atomic E-state index is 13.6. The highest BCUT2D eigenvalue weighted by atomic mass is 19.4. The minimum atomic E-state index is -5.08. The quantitative estimate of drug-likeness (QED) is 0.423. The zero-order chi connectivity index (χ0) is 32.4. The van der Waals surface area contributed by atoms with Crippen molar-refractivity contribution in [3.8, 4) is 5.75 Å². The average molecular weight is 620 g/mol. The molecule has 2 amide bonds. The van der Waals surface area contributed by atoms with Gasteiger partial charge in [-0.2, -0.15) is 13.2 Å². The number of para-hydroxylation sites is 1. The molecule has 5 rings (SSSR count). The number of guanidine groups is 1. The lowest BCUT2D eigenvalue weighted by atomic mass is 9.88. The number of pyridine rings is 1. The summed E-state index contributed by atoms with van der Waals surface area (Å²) in [6.07, 6.45) is -0.164. The van der Waals surface area contributed by atoms with Crippen molar-refractivity contribution >= 4 is 23.7 Å². The van der Waals surface area contributed by atoms with Crippen LogP contribution in [0, 0.1) is 11.8 Å². The summed E-state index contributed by atoms with van der Waals surface area (Å²) in [7, 11) is 1.65. The highest BCUT2D eigenvalue weighted by Gasteiger charge is 2.53. The standard InChI is InChI=1S/C28H35N5O4.C2HF3O2/c1-27(2)14-23(34)33(26(29)32-27)24(17-8-7-11-30-15-17)19-12-20(19)25(35)31-21-13-28(3,16-36-4)37-22-10-6-5-9-18(21)22;3-2(4,5)1(6)7/h5-11,15,19-21,24H,12-14,16H2,1-4H3,(H2,29,32)(H,31,35);(H,6,7)/t19-,20-,21?,24+,28?;/m1./s1. The number of nitrogens with two attached hydrogens (primary N) is 1. The molecule has 44 heavy (non-hydrogen) atoms. The molecular weight excluding hydrogens is 583 g/mol. The molecule has 5 atom stereocenters. The minimum absolute atomic E-state index is 0.0411. The van der Waals surface area contributed by atoms with Crippen LogP contribution in [0.1, 0.15) is 63.2 Å². The van der Waals surface area contributed by atoms with Gasteiger partial charge in [-0.25, -0.2) is 9.79 Å². The van der Waals surface area contributed by atoms with Gasteiger partial charge in [-0.05, 0) is 50.8 Å². The highest BCUT2D eigenvalue weighted by Crippen LogP contribution is 2.51. The van der Waals surface area contributed by atoms with E-state index in [4.69, 9.17) is 25.1 Å². The fraction of sp³-hybridized carbons (Fsp3) is 0.500. The van der Waals surface area contributed by atoms with Crippen molar-refractivity contribution in [2.45, 2.75) is 69.4 Å². The van der Waals surface area contributed by atoms with E-state index in [0.717, 1.165) is 16.9 Å². The molecule has 0 saturated heterocycles. The number of amides is 2. The van der Waals surface area contributed by atoms with Gasteiger partial charge in [-0.15, -0.1) is 0 Å². The molecule has 1 aromatic carbocycles. The molecule has 3 heterocycles. The Kier molecular flexibility index (Phi) is 9.24. The first kappa shape index (κ1) is 32.7. The van der Waals surface area contributed by atoms with Gasteiger partial charge < -0.3 is 25.6 Å². The molecule has 1 aromatic heterocycles.